The molecule has 2 heterocycles. The molecule has 3 aromatic rings. The number of para-hydroxylation sites is 1. The molecule has 0 radical (unpaired) electrons. The Morgan fingerprint density at radius 1 is 1.15 bits per heavy atom. The number of rotatable bonds is 5. The van der Waals surface area contributed by atoms with Gasteiger partial charge in [-0.3, -0.25) is 8.77 Å². The van der Waals surface area contributed by atoms with Crippen molar-refractivity contribution in [1.82, 2.24) is 9.29 Å². The van der Waals surface area contributed by atoms with Gasteiger partial charge in [-0.1, -0.05) is 18.2 Å². The van der Waals surface area contributed by atoms with E-state index in [0.29, 0.717) is 0 Å². The summed E-state index contributed by atoms with van der Waals surface area (Å²) < 4.78 is 7.67. The number of fused-ring (bicyclic) bond motifs is 1. The minimum atomic E-state index is 0.0850. The fraction of sp³-hybridized carbons (Fsp3) is 0.286. The fourth-order valence-electron chi connectivity index (χ4n) is 3.50. The summed E-state index contributed by atoms with van der Waals surface area (Å²) in [5, 5.41) is 4.38. The van der Waals surface area contributed by atoms with E-state index in [1.54, 1.807) is 26.0 Å². The Kier molecular flexibility index (Phi) is 5.09. The number of aromatic nitrogens is 1. The molecule has 0 bridgehead atoms. The Labute approximate surface area is 163 Å². The van der Waals surface area contributed by atoms with E-state index in [-0.39, 0.29) is 5.78 Å². The van der Waals surface area contributed by atoms with E-state index in [0.717, 1.165) is 59.0 Å². The predicted octanol–water partition coefficient (Wildman–Crippen LogP) is 3.82. The van der Waals surface area contributed by atoms with Gasteiger partial charge in [-0.05, 0) is 43.1 Å². The summed E-state index contributed by atoms with van der Waals surface area (Å²) in [7, 11) is 1.71. The number of hydrogen-bond acceptors (Lipinski definition) is 5. The van der Waals surface area contributed by atoms with Crippen molar-refractivity contribution >= 4 is 34.3 Å². The number of carbonyl (C=O) groups is 1. The molecule has 0 amide bonds. The molecule has 140 valence electrons. The first-order valence-corrected chi connectivity index (χ1v) is 9.88. The summed E-state index contributed by atoms with van der Waals surface area (Å²) in [5.41, 5.74) is 2.92. The van der Waals surface area contributed by atoms with Gasteiger partial charge in [0.2, 0.25) is 0 Å². The zero-order valence-corrected chi connectivity index (χ0v) is 16.4. The molecule has 0 unspecified atom stereocenters. The number of piperazine rings is 1. The highest BCUT2D eigenvalue weighted by atomic mass is 32.2. The topological polar surface area (TPSA) is 46.5 Å². The molecule has 27 heavy (non-hydrogen) atoms. The molecular formula is C21H23N3O2S. The van der Waals surface area contributed by atoms with E-state index in [1.165, 1.54) is 0 Å². The number of ether oxygens (including phenoxy) is 1. The molecule has 6 heteroatoms. The number of nitrogens with one attached hydrogen (secondary N) is 1. The molecule has 1 fully saturated rings. The molecular weight excluding hydrogens is 358 g/mol. The molecule has 1 aliphatic heterocycles. The Bertz CT molecular complexity index is 977. The number of nitrogens with zero attached hydrogens (tertiary/aromatic N) is 2. The Morgan fingerprint density at radius 2 is 1.93 bits per heavy atom. The molecule has 0 atom stereocenters. The second-order valence-corrected chi connectivity index (χ2v) is 7.65. The summed E-state index contributed by atoms with van der Waals surface area (Å²) in [6, 6.07) is 14.3. The van der Waals surface area contributed by atoms with Crippen LogP contribution in [0.5, 0.6) is 5.75 Å². The van der Waals surface area contributed by atoms with Crippen LogP contribution < -0.4 is 15.0 Å². The van der Waals surface area contributed by atoms with Gasteiger partial charge in [-0.2, -0.15) is 0 Å². The summed E-state index contributed by atoms with van der Waals surface area (Å²) >= 11 is 1.62. The summed E-state index contributed by atoms with van der Waals surface area (Å²) in [4.78, 5) is 15.5. The number of methoxy groups -OCH3 is 1. The van der Waals surface area contributed by atoms with Crippen molar-refractivity contribution in [3.05, 3.63) is 54.2 Å². The van der Waals surface area contributed by atoms with Crippen molar-refractivity contribution in [3.63, 3.8) is 0 Å². The summed E-state index contributed by atoms with van der Waals surface area (Å²) in [5.74, 6) is 0.977. The number of carbonyl (C=O) groups excluding carboxylic acids is 1. The molecule has 0 saturated carbocycles. The third kappa shape index (κ3) is 3.55. The van der Waals surface area contributed by atoms with Crippen LogP contribution in [-0.2, 0) is 0 Å². The highest BCUT2D eigenvalue weighted by molar-refractivity contribution is 7.98. The Balaban J connectivity index is 1.71. The van der Waals surface area contributed by atoms with Crippen LogP contribution in [0.2, 0.25) is 0 Å². The smallest absolute Gasteiger partial charge is 0.161 e. The molecule has 1 aromatic heterocycles. The van der Waals surface area contributed by atoms with Crippen LogP contribution in [0.3, 0.4) is 0 Å². The third-order valence-electron chi connectivity index (χ3n) is 4.87. The standard InChI is InChI=1S/C21H23N3O2S/c1-15(25)18-14-24(19-6-4-3-5-17(18)19)27-16-7-8-21(26-2)20(13-16)23-11-9-22-10-12-23/h3-8,13-14,22H,9-12H2,1-2H3. The van der Waals surface area contributed by atoms with Gasteiger partial charge >= 0.3 is 0 Å². The van der Waals surface area contributed by atoms with Crippen LogP contribution in [0.1, 0.15) is 17.3 Å². The van der Waals surface area contributed by atoms with Crippen molar-refractivity contribution in [3.8, 4) is 5.75 Å². The maximum atomic E-state index is 12.0. The molecule has 4 rings (SSSR count). The SMILES string of the molecule is COc1ccc(Sn2cc(C(C)=O)c3ccccc32)cc1N1CCNCC1. The predicted molar refractivity (Wildman–Crippen MR) is 111 cm³/mol. The number of anilines is 1. The van der Waals surface area contributed by atoms with E-state index in [9.17, 15) is 4.79 Å². The van der Waals surface area contributed by atoms with Crippen molar-refractivity contribution in [2.75, 3.05) is 38.2 Å². The zero-order valence-electron chi connectivity index (χ0n) is 15.6. The average molecular weight is 382 g/mol. The largest absolute Gasteiger partial charge is 0.495 e. The maximum Gasteiger partial charge on any atom is 0.161 e. The van der Waals surface area contributed by atoms with Crippen LogP contribution in [0.15, 0.2) is 53.6 Å². The maximum absolute atomic E-state index is 12.0. The lowest BCUT2D eigenvalue weighted by atomic mass is 10.1. The van der Waals surface area contributed by atoms with Crippen LogP contribution in [0.25, 0.3) is 10.9 Å². The Morgan fingerprint density at radius 3 is 2.67 bits per heavy atom. The van der Waals surface area contributed by atoms with Gasteiger partial charge in [0.05, 0.1) is 18.3 Å². The zero-order chi connectivity index (χ0) is 18.8. The minimum Gasteiger partial charge on any atom is -0.495 e. The van der Waals surface area contributed by atoms with E-state index < -0.39 is 0 Å². The van der Waals surface area contributed by atoms with Crippen molar-refractivity contribution in [2.45, 2.75) is 11.8 Å². The molecule has 1 saturated heterocycles. The monoisotopic (exact) mass is 381 g/mol. The number of Topliss-reactive ketones (excluding diaryl/α,β-unsaturated/α-hetero) is 1. The van der Waals surface area contributed by atoms with Crippen LogP contribution >= 0.6 is 11.9 Å². The summed E-state index contributed by atoms with van der Waals surface area (Å²) in [6.07, 6.45) is 1.94. The fourth-order valence-corrected chi connectivity index (χ4v) is 4.44. The number of benzene rings is 2. The van der Waals surface area contributed by atoms with Gasteiger partial charge in [0.15, 0.2) is 5.78 Å². The molecule has 1 aliphatic rings. The third-order valence-corrected chi connectivity index (χ3v) is 5.83. The second kappa shape index (κ2) is 7.66. The van der Waals surface area contributed by atoms with E-state index >= 15 is 0 Å². The highest BCUT2D eigenvalue weighted by Crippen LogP contribution is 2.36. The first kappa shape index (κ1) is 17.9. The number of hydrogen-bond donors (Lipinski definition) is 1. The van der Waals surface area contributed by atoms with E-state index in [4.69, 9.17) is 4.74 Å². The summed E-state index contributed by atoms with van der Waals surface area (Å²) in [6.45, 7) is 5.50. The molecule has 5 nitrogen and oxygen atoms in total. The van der Waals surface area contributed by atoms with Gasteiger partial charge in [-0.25, -0.2) is 0 Å². The van der Waals surface area contributed by atoms with Crippen LogP contribution in [0.4, 0.5) is 5.69 Å². The molecule has 1 N–H and O–H groups in total. The van der Waals surface area contributed by atoms with Crippen molar-refractivity contribution in [2.24, 2.45) is 0 Å². The van der Waals surface area contributed by atoms with Gasteiger partial charge < -0.3 is 15.0 Å². The normalized spacial score (nSPS) is 14.5. The highest BCUT2D eigenvalue weighted by Gasteiger charge is 2.17. The quantitative estimate of drug-likeness (QED) is 0.681. The van der Waals surface area contributed by atoms with E-state index in [2.05, 4.69) is 32.4 Å². The lowest BCUT2D eigenvalue weighted by molar-refractivity contribution is 0.101. The first-order valence-electron chi connectivity index (χ1n) is 9.10. The van der Waals surface area contributed by atoms with Gasteiger partial charge in [-0.15, -0.1) is 0 Å². The molecule has 0 aliphatic carbocycles. The first-order chi connectivity index (χ1) is 13.2. The average Bonchev–Trinajstić information content (AvgIpc) is 3.07. The molecule has 2 aromatic carbocycles. The van der Waals surface area contributed by atoms with Gasteiger partial charge in [0, 0.05) is 48.2 Å². The van der Waals surface area contributed by atoms with Gasteiger partial charge in [0.25, 0.3) is 0 Å². The van der Waals surface area contributed by atoms with Crippen molar-refractivity contribution in [1.29, 1.82) is 0 Å². The Hall–Kier alpha value is -2.44. The van der Waals surface area contributed by atoms with E-state index in [1.807, 2.05) is 30.5 Å². The van der Waals surface area contributed by atoms with Crippen LogP contribution in [0, 0.1) is 0 Å². The number of ketones is 1. The second-order valence-electron chi connectivity index (χ2n) is 6.60. The van der Waals surface area contributed by atoms with Crippen molar-refractivity contribution < 1.29 is 9.53 Å². The lowest BCUT2D eigenvalue weighted by Crippen LogP contribution is -2.43. The lowest BCUT2D eigenvalue weighted by Gasteiger charge is -2.30. The molecule has 0 spiro atoms. The minimum absolute atomic E-state index is 0.0850. The van der Waals surface area contributed by atoms with Gasteiger partial charge in [0.1, 0.15) is 5.75 Å². The van der Waals surface area contributed by atoms with Crippen LogP contribution in [-0.4, -0.2) is 43.0 Å².